The number of aromatic nitrogens is 1. The molecule has 0 unspecified atom stereocenters. The van der Waals surface area contributed by atoms with Crippen LogP contribution in [-0.4, -0.2) is 23.3 Å². The van der Waals surface area contributed by atoms with Gasteiger partial charge in [-0.3, -0.25) is 0 Å². The Hall–Kier alpha value is -1.30. The van der Waals surface area contributed by atoms with E-state index in [0.717, 1.165) is 29.3 Å². The van der Waals surface area contributed by atoms with Crippen LogP contribution in [0.5, 0.6) is 0 Å². The number of benzene rings is 1. The maximum atomic E-state index is 15.0. The molecule has 1 aromatic carbocycles. The zero-order chi connectivity index (χ0) is 18.0. The van der Waals surface area contributed by atoms with Crippen molar-refractivity contribution >= 4 is 29.6 Å². The van der Waals surface area contributed by atoms with Crippen LogP contribution in [0, 0.1) is 0 Å². The van der Waals surface area contributed by atoms with E-state index >= 15 is 0 Å². The van der Waals surface area contributed by atoms with Crippen LogP contribution >= 0.6 is 11.6 Å². The summed E-state index contributed by atoms with van der Waals surface area (Å²) >= 11 is 6.06. The SMILES string of the molecule is CC1(C)OB(C(F)=CC2(c3c[nH]c4cc(Cl)ccc34)CC2)OC1(C)C. The Morgan fingerprint density at radius 3 is 2.44 bits per heavy atom. The van der Waals surface area contributed by atoms with Crippen LogP contribution in [0.3, 0.4) is 0 Å². The first-order chi connectivity index (χ1) is 11.6. The van der Waals surface area contributed by atoms with E-state index in [9.17, 15) is 4.39 Å². The molecule has 132 valence electrons. The van der Waals surface area contributed by atoms with Crippen LogP contribution in [0.4, 0.5) is 4.39 Å². The van der Waals surface area contributed by atoms with E-state index in [-0.39, 0.29) is 11.1 Å². The smallest absolute Gasteiger partial charge is 0.398 e. The highest BCUT2D eigenvalue weighted by Gasteiger charge is 2.54. The molecule has 1 aliphatic heterocycles. The molecule has 1 saturated heterocycles. The second-order valence-corrected chi connectivity index (χ2v) is 8.60. The van der Waals surface area contributed by atoms with Crippen molar-refractivity contribution < 1.29 is 13.7 Å². The predicted molar refractivity (Wildman–Crippen MR) is 99.5 cm³/mol. The molecule has 1 aliphatic carbocycles. The molecule has 1 N–H and O–H groups in total. The van der Waals surface area contributed by atoms with Crippen molar-refractivity contribution in [2.75, 3.05) is 0 Å². The van der Waals surface area contributed by atoms with Gasteiger partial charge in [0.25, 0.3) is 0 Å². The lowest BCUT2D eigenvalue weighted by atomic mass is 9.83. The van der Waals surface area contributed by atoms with Crippen LogP contribution in [0.1, 0.15) is 46.1 Å². The molecular formula is C19H22BClFNO2. The second-order valence-electron chi connectivity index (χ2n) is 8.17. The lowest BCUT2D eigenvalue weighted by molar-refractivity contribution is 0.00578. The number of rotatable bonds is 3. The molecule has 0 radical (unpaired) electrons. The fourth-order valence-corrected chi connectivity index (χ4v) is 3.60. The monoisotopic (exact) mass is 361 g/mol. The first kappa shape index (κ1) is 17.1. The van der Waals surface area contributed by atoms with Crippen molar-refractivity contribution in [1.82, 2.24) is 4.98 Å². The third-order valence-corrected chi connectivity index (χ3v) is 6.10. The van der Waals surface area contributed by atoms with Crippen LogP contribution in [-0.2, 0) is 14.7 Å². The van der Waals surface area contributed by atoms with Gasteiger partial charge in [-0.05, 0) is 64.3 Å². The average Bonchev–Trinajstić information content (AvgIpc) is 3.08. The molecular weight excluding hydrogens is 339 g/mol. The summed E-state index contributed by atoms with van der Waals surface area (Å²) in [6.45, 7) is 7.71. The Morgan fingerprint density at radius 1 is 1.20 bits per heavy atom. The first-order valence-corrected chi connectivity index (χ1v) is 9.02. The molecule has 2 aromatic rings. The van der Waals surface area contributed by atoms with Crippen molar-refractivity contribution in [3.8, 4) is 0 Å². The summed E-state index contributed by atoms with van der Waals surface area (Å²) in [7, 11) is -0.942. The van der Waals surface area contributed by atoms with Gasteiger partial charge in [-0.15, -0.1) is 0 Å². The number of allylic oxidation sites excluding steroid dienone is 1. The fraction of sp³-hybridized carbons (Fsp3) is 0.474. The van der Waals surface area contributed by atoms with Gasteiger partial charge >= 0.3 is 7.12 Å². The molecule has 0 spiro atoms. The zero-order valence-electron chi connectivity index (χ0n) is 15.0. The summed E-state index contributed by atoms with van der Waals surface area (Å²) in [5, 5.41) is 1.77. The van der Waals surface area contributed by atoms with Gasteiger partial charge in [-0.1, -0.05) is 17.7 Å². The minimum Gasteiger partial charge on any atom is -0.398 e. The van der Waals surface area contributed by atoms with Crippen LogP contribution < -0.4 is 0 Å². The molecule has 0 amide bonds. The van der Waals surface area contributed by atoms with E-state index < -0.39 is 18.3 Å². The van der Waals surface area contributed by atoms with Crippen molar-refractivity contribution in [1.29, 1.82) is 0 Å². The Bertz CT molecular complexity index is 853. The third-order valence-electron chi connectivity index (χ3n) is 5.86. The second kappa shape index (κ2) is 5.35. The van der Waals surface area contributed by atoms with Gasteiger partial charge in [0.15, 0.2) is 0 Å². The van der Waals surface area contributed by atoms with Crippen molar-refractivity contribution in [2.45, 2.75) is 57.2 Å². The lowest BCUT2D eigenvalue weighted by Crippen LogP contribution is -2.41. The van der Waals surface area contributed by atoms with Crippen LogP contribution in [0.15, 0.2) is 36.2 Å². The van der Waals surface area contributed by atoms with Gasteiger partial charge in [0.1, 0.15) is 5.73 Å². The van der Waals surface area contributed by atoms with Crippen molar-refractivity contribution in [3.63, 3.8) is 0 Å². The van der Waals surface area contributed by atoms with E-state index in [4.69, 9.17) is 20.9 Å². The van der Waals surface area contributed by atoms with E-state index in [1.54, 1.807) is 6.08 Å². The summed E-state index contributed by atoms with van der Waals surface area (Å²) in [4.78, 5) is 3.25. The third kappa shape index (κ3) is 2.73. The normalized spacial score (nSPS) is 24.1. The summed E-state index contributed by atoms with van der Waals surface area (Å²) in [6.07, 6.45) is 5.47. The van der Waals surface area contributed by atoms with Gasteiger partial charge in [0, 0.05) is 27.5 Å². The molecule has 1 saturated carbocycles. The quantitative estimate of drug-likeness (QED) is 0.749. The Balaban J connectivity index is 1.66. The maximum Gasteiger partial charge on any atom is 0.524 e. The molecule has 4 rings (SSSR count). The van der Waals surface area contributed by atoms with Crippen LogP contribution in [0.25, 0.3) is 10.9 Å². The minimum absolute atomic E-state index is 0.292. The zero-order valence-corrected chi connectivity index (χ0v) is 15.7. The maximum absolute atomic E-state index is 15.0. The van der Waals surface area contributed by atoms with Gasteiger partial charge in [0.05, 0.1) is 11.2 Å². The highest BCUT2D eigenvalue weighted by atomic mass is 35.5. The van der Waals surface area contributed by atoms with E-state index in [0.29, 0.717) is 5.02 Å². The molecule has 6 heteroatoms. The Labute approximate surface area is 152 Å². The largest absolute Gasteiger partial charge is 0.524 e. The van der Waals surface area contributed by atoms with E-state index in [2.05, 4.69) is 4.98 Å². The highest BCUT2D eigenvalue weighted by molar-refractivity contribution is 6.53. The topological polar surface area (TPSA) is 34.2 Å². The Kier molecular flexibility index (Phi) is 3.67. The molecule has 0 bridgehead atoms. The Morgan fingerprint density at radius 2 is 1.84 bits per heavy atom. The van der Waals surface area contributed by atoms with Crippen molar-refractivity contribution in [3.05, 3.63) is 46.8 Å². The molecule has 25 heavy (non-hydrogen) atoms. The van der Waals surface area contributed by atoms with E-state index in [1.807, 2.05) is 52.1 Å². The van der Waals surface area contributed by atoms with Gasteiger partial charge in [-0.2, -0.15) is 0 Å². The number of hydrogen-bond donors (Lipinski definition) is 1. The summed E-state index contributed by atoms with van der Waals surface area (Å²) in [6, 6.07) is 5.75. The fourth-order valence-electron chi connectivity index (χ4n) is 3.42. The van der Waals surface area contributed by atoms with E-state index in [1.165, 1.54) is 0 Å². The number of hydrogen-bond acceptors (Lipinski definition) is 2. The number of aromatic amines is 1. The van der Waals surface area contributed by atoms with Gasteiger partial charge in [-0.25, -0.2) is 4.39 Å². The lowest BCUT2D eigenvalue weighted by Gasteiger charge is -2.32. The van der Waals surface area contributed by atoms with Crippen molar-refractivity contribution in [2.24, 2.45) is 0 Å². The number of fused-ring (bicyclic) bond motifs is 1. The van der Waals surface area contributed by atoms with Gasteiger partial charge in [0.2, 0.25) is 0 Å². The minimum atomic E-state index is -0.942. The number of H-pyrrole nitrogens is 1. The molecule has 2 heterocycles. The van der Waals surface area contributed by atoms with Crippen LogP contribution in [0.2, 0.25) is 5.02 Å². The average molecular weight is 362 g/mol. The predicted octanol–water partition coefficient (Wildman–Crippen LogP) is 5.34. The molecule has 1 aromatic heterocycles. The number of nitrogens with one attached hydrogen (secondary N) is 1. The molecule has 2 aliphatic rings. The standard InChI is InChI=1S/C19H22BClFNO2/c1-17(2)18(3,4)25-20(24-17)16(22)10-19(7-8-19)14-11-23-15-9-12(21)5-6-13(14)15/h5-6,9-11,23H,7-8H2,1-4H3. The number of halogens is 2. The molecule has 2 fully saturated rings. The summed E-state index contributed by atoms with van der Waals surface area (Å²) < 4.78 is 26.6. The molecule has 3 nitrogen and oxygen atoms in total. The highest BCUT2D eigenvalue weighted by Crippen LogP contribution is 2.53. The summed E-state index contributed by atoms with van der Waals surface area (Å²) in [5.74, 6) is 0. The first-order valence-electron chi connectivity index (χ1n) is 8.65. The molecule has 0 atom stereocenters. The summed E-state index contributed by atoms with van der Waals surface area (Å²) in [5.41, 5.74) is 0.344. The van der Waals surface area contributed by atoms with Gasteiger partial charge < -0.3 is 14.3 Å².